The summed E-state index contributed by atoms with van der Waals surface area (Å²) in [4.78, 5) is 2.38. The largest absolute Gasteiger partial charge is 0.320 e. The molecule has 0 aromatic heterocycles. The first kappa shape index (κ1) is 13.4. The monoisotopic (exact) mass is 196 g/mol. The van der Waals surface area contributed by atoms with E-state index in [1.54, 1.807) is 0 Å². The molecule has 0 spiro atoms. The van der Waals surface area contributed by atoms with Crippen molar-refractivity contribution in [3.63, 3.8) is 0 Å². The lowest BCUT2D eigenvalue weighted by atomic mass is 10.1. The lowest BCUT2D eigenvalue weighted by Gasteiger charge is -2.26. The second-order valence-corrected chi connectivity index (χ2v) is 3.63. The predicted molar refractivity (Wildman–Crippen MR) is 64.6 cm³/mol. The number of nitrogens with one attached hydrogen (secondary N) is 1. The van der Waals surface area contributed by atoms with Gasteiger partial charge in [-0.15, -0.1) is 13.2 Å². The van der Waals surface area contributed by atoms with Gasteiger partial charge in [-0.3, -0.25) is 4.90 Å². The van der Waals surface area contributed by atoms with Crippen molar-refractivity contribution < 1.29 is 0 Å². The highest BCUT2D eigenvalue weighted by Gasteiger charge is 2.09. The van der Waals surface area contributed by atoms with Gasteiger partial charge in [0.15, 0.2) is 0 Å². The van der Waals surface area contributed by atoms with Crippen molar-refractivity contribution in [2.75, 3.05) is 26.7 Å². The van der Waals surface area contributed by atoms with E-state index in [1.165, 1.54) is 12.8 Å². The van der Waals surface area contributed by atoms with Gasteiger partial charge in [-0.1, -0.05) is 12.2 Å². The summed E-state index contributed by atoms with van der Waals surface area (Å²) in [6.07, 6.45) is 6.36. The average molecular weight is 196 g/mol. The Morgan fingerprint density at radius 2 is 1.86 bits per heavy atom. The zero-order valence-corrected chi connectivity index (χ0v) is 9.63. The molecule has 0 aromatic carbocycles. The Morgan fingerprint density at radius 3 is 2.29 bits per heavy atom. The maximum absolute atomic E-state index is 3.77. The molecular formula is C12H24N2. The van der Waals surface area contributed by atoms with Crippen LogP contribution in [-0.4, -0.2) is 37.6 Å². The van der Waals surface area contributed by atoms with Crippen LogP contribution in [0.1, 0.15) is 19.8 Å². The normalized spacial score (nSPS) is 12.8. The van der Waals surface area contributed by atoms with Crippen LogP contribution in [0.5, 0.6) is 0 Å². The van der Waals surface area contributed by atoms with Crippen LogP contribution in [0.3, 0.4) is 0 Å². The van der Waals surface area contributed by atoms with Gasteiger partial charge < -0.3 is 5.32 Å². The standard InChI is InChI=1S/C12H24N2/c1-5-10-14(11-6-2)12(3)8-7-9-13-4/h5-6,12-13H,1-2,7-11H2,3-4H3. The molecule has 1 unspecified atom stereocenters. The van der Waals surface area contributed by atoms with E-state index in [0.717, 1.165) is 19.6 Å². The Hall–Kier alpha value is -0.600. The molecule has 0 aliphatic heterocycles. The van der Waals surface area contributed by atoms with E-state index < -0.39 is 0 Å². The summed E-state index contributed by atoms with van der Waals surface area (Å²) in [6, 6.07) is 0.611. The molecule has 0 rings (SSSR count). The number of hydrogen-bond acceptors (Lipinski definition) is 2. The minimum atomic E-state index is 0.611. The van der Waals surface area contributed by atoms with Gasteiger partial charge in [0.1, 0.15) is 0 Å². The first-order valence-electron chi connectivity index (χ1n) is 5.36. The van der Waals surface area contributed by atoms with Crippen molar-refractivity contribution in [2.45, 2.75) is 25.8 Å². The van der Waals surface area contributed by atoms with E-state index in [-0.39, 0.29) is 0 Å². The highest BCUT2D eigenvalue weighted by atomic mass is 15.1. The molecule has 0 fully saturated rings. The van der Waals surface area contributed by atoms with Crippen molar-refractivity contribution in [3.8, 4) is 0 Å². The Kier molecular flexibility index (Phi) is 8.59. The topological polar surface area (TPSA) is 15.3 Å². The van der Waals surface area contributed by atoms with Crippen molar-refractivity contribution in [2.24, 2.45) is 0 Å². The van der Waals surface area contributed by atoms with Gasteiger partial charge in [0.2, 0.25) is 0 Å². The fourth-order valence-corrected chi connectivity index (χ4v) is 1.52. The molecule has 1 atom stereocenters. The van der Waals surface area contributed by atoms with E-state index in [1.807, 2.05) is 19.2 Å². The molecule has 0 amide bonds. The maximum Gasteiger partial charge on any atom is 0.0166 e. The molecular weight excluding hydrogens is 172 g/mol. The van der Waals surface area contributed by atoms with Gasteiger partial charge in [-0.2, -0.15) is 0 Å². The summed E-state index contributed by atoms with van der Waals surface area (Å²) in [7, 11) is 2.00. The Labute approximate surface area is 88.7 Å². The fraction of sp³-hybridized carbons (Fsp3) is 0.667. The molecule has 0 aliphatic rings. The minimum absolute atomic E-state index is 0.611. The Morgan fingerprint density at radius 1 is 1.29 bits per heavy atom. The van der Waals surface area contributed by atoms with E-state index in [9.17, 15) is 0 Å². The lowest BCUT2D eigenvalue weighted by molar-refractivity contribution is 0.241. The van der Waals surface area contributed by atoms with Crippen LogP contribution in [-0.2, 0) is 0 Å². The van der Waals surface area contributed by atoms with Crippen LogP contribution < -0.4 is 5.32 Å². The zero-order valence-electron chi connectivity index (χ0n) is 9.63. The minimum Gasteiger partial charge on any atom is -0.320 e. The summed E-state index contributed by atoms with van der Waals surface area (Å²) >= 11 is 0. The highest BCUT2D eigenvalue weighted by molar-refractivity contribution is 4.82. The fourth-order valence-electron chi connectivity index (χ4n) is 1.52. The third-order valence-corrected chi connectivity index (χ3v) is 2.40. The highest BCUT2D eigenvalue weighted by Crippen LogP contribution is 2.06. The van der Waals surface area contributed by atoms with E-state index in [0.29, 0.717) is 6.04 Å². The van der Waals surface area contributed by atoms with Gasteiger partial charge in [-0.25, -0.2) is 0 Å². The third kappa shape index (κ3) is 5.95. The molecule has 0 saturated heterocycles. The Bertz CT molecular complexity index is 144. The van der Waals surface area contributed by atoms with E-state index in [2.05, 4.69) is 30.3 Å². The molecule has 0 bridgehead atoms. The van der Waals surface area contributed by atoms with Gasteiger partial charge in [0.25, 0.3) is 0 Å². The molecule has 0 aliphatic carbocycles. The van der Waals surface area contributed by atoms with Crippen molar-refractivity contribution in [1.29, 1.82) is 0 Å². The van der Waals surface area contributed by atoms with E-state index >= 15 is 0 Å². The molecule has 0 aromatic rings. The van der Waals surface area contributed by atoms with Crippen LogP contribution in [0.2, 0.25) is 0 Å². The first-order chi connectivity index (χ1) is 6.76. The summed E-state index contributed by atoms with van der Waals surface area (Å²) < 4.78 is 0. The molecule has 1 N–H and O–H groups in total. The van der Waals surface area contributed by atoms with Crippen molar-refractivity contribution in [3.05, 3.63) is 25.3 Å². The molecule has 14 heavy (non-hydrogen) atoms. The van der Waals surface area contributed by atoms with Crippen LogP contribution in [0.15, 0.2) is 25.3 Å². The van der Waals surface area contributed by atoms with Crippen molar-refractivity contribution in [1.82, 2.24) is 10.2 Å². The summed E-state index contributed by atoms with van der Waals surface area (Å²) in [5.41, 5.74) is 0. The van der Waals surface area contributed by atoms with E-state index in [4.69, 9.17) is 0 Å². The molecule has 0 radical (unpaired) electrons. The lowest BCUT2D eigenvalue weighted by Crippen LogP contribution is -2.33. The average Bonchev–Trinajstić information content (AvgIpc) is 2.18. The van der Waals surface area contributed by atoms with Crippen LogP contribution in [0, 0.1) is 0 Å². The molecule has 2 heteroatoms. The molecule has 82 valence electrons. The van der Waals surface area contributed by atoms with Gasteiger partial charge in [-0.05, 0) is 33.4 Å². The van der Waals surface area contributed by atoms with Crippen LogP contribution in [0.25, 0.3) is 0 Å². The second kappa shape index (κ2) is 8.97. The number of rotatable bonds is 9. The Balaban J connectivity index is 3.80. The zero-order chi connectivity index (χ0) is 10.8. The smallest absolute Gasteiger partial charge is 0.0166 e. The number of nitrogens with zero attached hydrogens (tertiary/aromatic N) is 1. The molecule has 2 nitrogen and oxygen atoms in total. The second-order valence-electron chi connectivity index (χ2n) is 3.63. The number of hydrogen-bond donors (Lipinski definition) is 1. The van der Waals surface area contributed by atoms with Crippen LogP contribution in [0.4, 0.5) is 0 Å². The maximum atomic E-state index is 3.77. The molecule has 0 saturated carbocycles. The summed E-state index contributed by atoms with van der Waals surface area (Å²) in [6.45, 7) is 12.8. The first-order valence-corrected chi connectivity index (χ1v) is 5.36. The quantitative estimate of drug-likeness (QED) is 0.448. The summed E-state index contributed by atoms with van der Waals surface area (Å²) in [5, 5.41) is 3.17. The van der Waals surface area contributed by atoms with Crippen LogP contribution >= 0.6 is 0 Å². The van der Waals surface area contributed by atoms with Gasteiger partial charge in [0.05, 0.1) is 0 Å². The van der Waals surface area contributed by atoms with Gasteiger partial charge >= 0.3 is 0 Å². The summed E-state index contributed by atoms with van der Waals surface area (Å²) in [5.74, 6) is 0. The predicted octanol–water partition coefficient (Wildman–Crippen LogP) is 2.05. The SMILES string of the molecule is C=CCN(CC=C)C(C)CCCNC. The molecule has 0 heterocycles. The van der Waals surface area contributed by atoms with Gasteiger partial charge in [0, 0.05) is 19.1 Å². The third-order valence-electron chi connectivity index (χ3n) is 2.40. The van der Waals surface area contributed by atoms with Crippen molar-refractivity contribution >= 4 is 0 Å².